The minimum Gasteiger partial charge on any atom is -0.493 e. The highest BCUT2D eigenvalue weighted by Crippen LogP contribution is 2.31. The van der Waals surface area contributed by atoms with Gasteiger partial charge in [-0.05, 0) is 18.2 Å². The molecule has 18 heavy (non-hydrogen) atoms. The molecular formula is C12H12N2O4. The van der Waals surface area contributed by atoms with Crippen LogP contribution in [0.5, 0.6) is 11.5 Å². The molecule has 0 unspecified atom stereocenters. The lowest BCUT2D eigenvalue weighted by molar-refractivity contribution is 0.0685. The molecule has 0 spiro atoms. The van der Waals surface area contributed by atoms with Gasteiger partial charge in [0.05, 0.1) is 26.1 Å². The molecule has 2 aromatic rings. The van der Waals surface area contributed by atoms with Gasteiger partial charge in [0.1, 0.15) is 0 Å². The average Bonchev–Trinajstić information content (AvgIpc) is 2.87. The van der Waals surface area contributed by atoms with E-state index in [9.17, 15) is 4.79 Å². The standard InChI is InChI=1S/C12H12N2O4/c1-17-9-4-3-7(5-10(9)18-2)8-6-13-11(14-8)12(15)16/h3-6H,1-2H3,(H,13,14)(H,15,16). The molecule has 6 heteroatoms. The summed E-state index contributed by atoms with van der Waals surface area (Å²) in [5.74, 6) is -0.0118. The van der Waals surface area contributed by atoms with Gasteiger partial charge in [-0.2, -0.15) is 0 Å². The van der Waals surface area contributed by atoms with E-state index < -0.39 is 5.97 Å². The minimum atomic E-state index is -1.10. The first-order valence-corrected chi connectivity index (χ1v) is 5.16. The SMILES string of the molecule is COc1ccc(-c2cnc(C(=O)O)[nH]2)cc1OC. The Hall–Kier alpha value is -2.50. The van der Waals surface area contributed by atoms with Crippen molar-refractivity contribution >= 4 is 5.97 Å². The summed E-state index contributed by atoms with van der Waals surface area (Å²) in [6, 6.07) is 5.29. The number of hydrogen-bond donors (Lipinski definition) is 2. The molecule has 2 N–H and O–H groups in total. The fourth-order valence-corrected chi connectivity index (χ4v) is 1.58. The molecule has 1 aromatic heterocycles. The van der Waals surface area contributed by atoms with Crippen LogP contribution in [0.15, 0.2) is 24.4 Å². The van der Waals surface area contributed by atoms with Crippen LogP contribution in [0.25, 0.3) is 11.3 Å². The van der Waals surface area contributed by atoms with Gasteiger partial charge in [-0.25, -0.2) is 9.78 Å². The van der Waals surface area contributed by atoms with Gasteiger partial charge in [-0.1, -0.05) is 0 Å². The zero-order valence-electron chi connectivity index (χ0n) is 9.93. The van der Waals surface area contributed by atoms with Gasteiger partial charge in [0.25, 0.3) is 0 Å². The second kappa shape index (κ2) is 4.79. The molecule has 0 saturated carbocycles. The predicted octanol–water partition coefficient (Wildman–Crippen LogP) is 1.79. The molecule has 0 aliphatic heterocycles. The minimum absolute atomic E-state index is 0.0974. The molecule has 0 aliphatic carbocycles. The lowest BCUT2D eigenvalue weighted by Gasteiger charge is -2.08. The number of imidazole rings is 1. The highest BCUT2D eigenvalue weighted by Gasteiger charge is 2.11. The monoisotopic (exact) mass is 248 g/mol. The summed E-state index contributed by atoms with van der Waals surface area (Å²) < 4.78 is 10.3. The van der Waals surface area contributed by atoms with Crippen molar-refractivity contribution in [1.29, 1.82) is 0 Å². The normalized spacial score (nSPS) is 10.1. The Labute approximate surface area is 103 Å². The smallest absolute Gasteiger partial charge is 0.371 e. The maximum atomic E-state index is 10.7. The quantitative estimate of drug-likeness (QED) is 0.861. The van der Waals surface area contributed by atoms with Crippen molar-refractivity contribution in [2.75, 3.05) is 14.2 Å². The Morgan fingerprint density at radius 1 is 1.28 bits per heavy atom. The van der Waals surface area contributed by atoms with Crippen LogP contribution in [0.1, 0.15) is 10.6 Å². The van der Waals surface area contributed by atoms with E-state index in [2.05, 4.69) is 9.97 Å². The van der Waals surface area contributed by atoms with Crippen LogP contribution in [-0.2, 0) is 0 Å². The average molecular weight is 248 g/mol. The van der Waals surface area contributed by atoms with E-state index in [0.29, 0.717) is 17.2 Å². The number of hydrogen-bond acceptors (Lipinski definition) is 4. The number of ether oxygens (including phenoxy) is 2. The number of methoxy groups -OCH3 is 2. The van der Waals surface area contributed by atoms with Gasteiger partial charge in [-0.3, -0.25) is 0 Å². The lowest BCUT2D eigenvalue weighted by Crippen LogP contribution is -1.98. The maximum absolute atomic E-state index is 10.7. The number of aromatic amines is 1. The van der Waals surface area contributed by atoms with Gasteiger partial charge < -0.3 is 19.6 Å². The Morgan fingerprint density at radius 3 is 2.56 bits per heavy atom. The molecule has 0 saturated heterocycles. The van der Waals surface area contributed by atoms with Crippen LogP contribution in [0.3, 0.4) is 0 Å². The second-order valence-electron chi connectivity index (χ2n) is 3.52. The van der Waals surface area contributed by atoms with E-state index in [1.807, 2.05) is 0 Å². The summed E-state index contributed by atoms with van der Waals surface area (Å²) in [7, 11) is 3.09. The fourth-order valence-electron chi connectivity index (χ4n) is 1.58. The van der Waals surface area contributed by atoms with E-state index in [4.69, 9.17) is 14.6 Å². The number of carboxylic acids is 1. The van der Waals surface area contributed by atoms with E-state index in [1.54, 1.807) is 25.3 Å². The number of rotatable bonds is 4. The molecule has 0 bridgehead atoms. The Morgan fingerprint density at radius 2 is 2.00 bits per heavy atom. The number of H-pyrrole nitrogens is 1. The summed E-state index contributed by atoms with van der Waals surface area (Å²) in [6.07, 6.45) is 1.46. The first kappa shape index (κ1) is 12.0. The first-order valence-electron chi connectivity index (χ1n) is 5.16. The number of aromatic nitrogens is 2. The van der Waals surface area contributed by atoms with E-state index in [0.717, 1.165) is 5.56 Å². The van der Waals surface area contributed by atoms with E-state index in [1.165, 1.54) is 13.3 Å². The van der Waals surface area contributed by atoms with Crippen LogP contribution < -0.4 is 9.47 Å². The molecule has 94 valence electrons. The van der Waals surface area contributed by atoms with Crippen molar-refractivity contribution in [1.82, 2.24) is 9.97 Å². The van der Waals surface area contributed by atoms with Gasteiger partial charge in [0.2, 0.25) is 5.82 Å². The van der Waals surface area contributed by atoms with Crippen LogP contribution in [0.2, 0.25) is 0 Å². The molecule has 0 amide bonds. The van der Waals surface area contributed by atoms with Crippen molar-refractivity contribution in [2.24, 2.45) is 0 Å². The third-order valence-electron chi connectivity index (χ3n) is 2.47. The largest absolute Gasteiger partial charge is 0.493 e. The summed E-state index contributed by atoms with van der Waals surface area (Å²) in [5, 5.41) is 8.79. The highest BCUT2D eigenvalue weighted by molar-refractivity contribution is 5.84. The van der Waals surface area contributed by atoms with Crippen LogP contribution in [-0.4, -0.2) is 35.3 Å². The number of nitrogens with one attached hydrogen (secondary N) is 1. The molecule has 6 nitrogen and oxygen atoms in total. The zero-order chi connectivity index (χ0) is 13.1. The molecule has 1 heterocycles. The molecule has 0 atom stereocenters. The Balaban J connectivity index is 2.41. The van der Waals surface area contributed by atoms with Gasteiger partial charge >= 0.3 is 5.97 Å². The van der Waals surface area contributed by atoms with Crippen molar-refractivity contribution < 1.29 is 19.4 Å². The second-order valence-corrected chi connectivity index (χ2v) is 3.52. The fraction of sp³-hybridized carbons (Fsp3) is 0.167. The molecule has 2 rings (SSSR count). The highest BCUT2D eigenvalue weighted by atomic mass is 16.5. The van der Waals surface area contributed by atoms with Gasteiger partial charge in [0.15, 0.2) is 11.5 Å². The molecule has 0 radical (unpaired) electrons. The lowest BCUT2D eigenvalue weighted by atomic mass is 10.1. The van der Waals surface area contributed by atoms with Crippen molar-refractivity contribution in [3.63, 3.8) is 0 Å². The summed E-state index contributed by atoms with van der Waals surface area (Å²) >= 11 is 0. The van der Waals surface area contributed by atoms with Crippen molar-refractivity contribution in [2.45, 2.75) is 0 Å². The van der Waals surface area contributed by atoms with Gasteiger partial charge in [-0.15, -0.1) is 0 Å². The van der Waals surface area contributed by atoms with E-state index in [-0.39, 0.29) is 5.82 Å². The summed E-state index contributed by atoms with van der Waals surface area (Å²) in [5.41, 5.74) is 1.38. The maximum Gasteiger partial charge on any atom is 0.371 e. The van der Waals surface area contributed by atoms with Crippen LogP contribution in [0.4, 0.5) is 0 Å². The molecule has 1 aromatic carbocycles. The van der Waals surface area contributed by atoms with Crippen molar-refractivity contribution in [3.8, 4) is 22.8 Å². The molecular weight excluding hydrogens is 236 g/mol. The van der Waals surface area contributed by atoms with Gasteiger partial charge in [0, 0.05) is 5.56 Å². The first-order chi connectivity index (χ1) is 8.65. The molecule has 0 aliphatic rings. The number of carbonyl (C=O) groups is 1. The summed E-state index contributed by atoms with van der Waals surface area (Å²) in [6.45, 7) is 0. The Bertz CT molecular complexity index is 577. The van der Waals surface area contributed by atoms with E-state index >= 15 is 0 Å². The summed E-state index contributed by atoms with van der Waals surface area (Å²) in [4.78, 5) is 17.2. The third-order valence-corrected chi connectivity index (χ3v) is 2.47. The Kier molecular flexibility index (Phi) is 3.18. The number of aromatic carboxylic acids is 1. The predicted molar refractivity (Wildman–Crippen MR) is 64.1 cm³/mol. The number of benzene rings is 1. The number of nitrogens with zero attached hydrogens (tertiary/aromatic N) is 1. The zero-order valence-corrected chi connectivity index (χ0v) is 9.93. The molecule has 0 fully saturated rings. The topological polar surface area (TPSA) is 84.4 Å². The van der Waals surface area contributed by atoms with Crippen LogP contribution in [0, 0.1) is 0 Å². The van der Waals surface area contributed by atoms with Crippen molar-refractivity contribution in [3.05, 3.63) is 30.2 Å². The third kappa shape index (κ3) is 2.13. The van der Waals surface area contributed by atoms with Crippen LogP contribution >= 0.6 is 0 Å². The number of carboxylic acid groups (broad SMARTS) is 1.